The fourth-order valence-corrected chi connectivity index (χ4v) is 2.86. The summed E-state index contributed by atoms with van der Waals surface area (Å²) in [6.07, 6.45) is 5.16. The summed E-state index contributed by atoms with van der Waals surface area (Å²) in [5.41, 5.74) is 2.68. The first-order valence-electron chi connectivity index (χ1n) is 7.01. The minimum atomic E-state index is -0.00782. The monoisotopic (exact) mass is 244 g/mol. The molecule has 0 bridgehead atoms. The van der Waals surface area contributed by atoms with Gasteiger partial charge in [0.15, 0.2) is 0 Å². The van der Waals surface area contributed by atoms with Gasteiger partial charge >= 0.3 is 5.97 Å². The van der Waals surface area contributed by atoms with Gasteiger partial charge in [0.25, 0.3) is 0 Å². The average molecular weight is 244 g/mol. The Morgan fingerprint density at radius 1 is 1.33 bits per heavy atom. The van der Waals surface area contributed by atoms with Crippen LogP contribution < -0.4 is 0 Å². The second-order valence-corrected chi connectivity index (χ2v) is 5.70. The largest absolute Gasteiger partial charge is 0.461 e. The molecule has 0 spiro atoms. The van der Waals surface area contributed by atoms with Crippen LogP contribution in [0.1, 0.15) is 49.7 Å². The second kappa shape index (κ2) is 4.75. The van der Waals surface area contributed by atoms with E-state index in [-0.39, 0.29) is 12.1 Å². The molecule has 2 heteroatoms. The van der Waals surface area contributed by atoms with Gasteiger partial charge in [-0.2, -0.15) is 0 Å². The molecule has 0 aliphatic heterocycles. The van der Waals surface area contributed by atoms with Crippen LogP contribution in [0.25, 0.3) is 0 Å². The summed E-state index contributed by atoms with van der Waals surface area (Å²) in [6, 6.07) is 8.41. The minimum absolute atomic E-state index is 0.00782. The van der Waals surface area contributed by atoms with Crippen LogP contribution in [0, 0.1) is 5.92 Å². The molecule has 2 nitrogen and oxygen atoms in total. The first kappa shape index (κ1) is 11.8. The molecule has 0 radical (unpaired) electrons. The van der Waals surface area contributed by atoms with E-state index in [2.05, 4.69) is 31.2 Å². The van der Waals surface area contributed by atoms with Gasteiger partial charge in [0.1, 0.15) is 6.10 Å². The van der Waals surface area contributed by atoms with Crippen molar-refractivity contribution in [1.82, 2.24) is 0 Å². The quantitative estimate of drug-likeness (QED) is 0.758. The van der Waals surface area contributed by atoms with Crippen LogP contribution in [0.4, 0.5) is 0 Å². The summed E-state index contributed by atoms with van der Waals surface area (Å²) in [4.78, 5) is 11.8. The summed E-state index contributed by atoms with van der Waals surface area (Å²) in [7, 11) is 0. The highest BCUT2D eigenvalue weighted by Gasteiger charge is 2.32. The van der Waals surface area contributed by atoms with E-state index in [9.17, 15) is 4.79 Å². The van der Waals surface area contributed by atoms with Gasteiger partial charge in [0.05, 0.1) is 0 Å². The van der Waals surface area contributed by atoms with Crippen molar-refractivity contribution in [2.45, 2.75) is 51.0 Å². The summed E-state index contributed by atoms with van der Waals surface area (Å²) in [5, 5.41) is 0. The molecule has 1 aromatic carbocycles. The molecular weight excluding hydrogens is 224 g/mol. The Bertz CT molecular complexity index is 448. The van der Waals surface area contributed by atoms with Crippen LogP contribution in [-0.4, -0.2) is 12.1 Å². The molecule has 1 aromatic rings. The molecule has 1 saturated carbocycles. The minimum Gasteiger partial charge on any atom is -0.461 e. The SMILES string of the molecule is C[C@@H]1c2ccccc2C[C@@H]1OC(=O)CCC1CC1. The molecule has 0 N–H and O–H groups in total. The number of esters is 1. The van der Waals surface area contributed by atoms with Crippen molar-refractivity contribution in [2.24, 2.45) is 5.92 Å². The van der Waals surface area contributed by atoms with Crippen molar-refractivity contribution in [1.29, 1.82) is 0 Å². The lowest BCUT2D eigenvalue weighted by Gasteiger charge is -2.17. The molecule has 0 saturated heterocycles. The van der Waals surface area contributed by atoms with Crippen molar-refractivity contribution in [2.75, 3.05) is 0 Å². The molecule has 0 heterocycles. The highest BCUT2D eigenvalue weighted by atomic mass is 16.5. The maximum absolute atomic E-state index is 11.8. The smallest absolute Gasteiger partial charge is 0.306 e. The zero-order valence-corrected chi connectivity index (χ0v) is 10.9. The lowest BCUT2D eigenvalue weighted by atomic mass is 10.0. The number of rotatable bonds is 4. The Hall–Kier alpha value is -1.31. The third kappa shape index (κ3) is 2.43. The number of carbonyl (C=O) groups is 1. The molecule has 2 aliphatic carbocycles. The lowest BCUT2D eigenvalue weighted by molar-refractivity contribution is -0.149. The van der Waals surface area contributed by atoms with E-state index in [1.165, 1.54) is 24.0 Å². The first-order chi connectivity index (χ1) is 8.74. The zero-order chi connectivity index (χ0) is 12.5. The maximum Gasteiger partial charge on any atom is 0.306 e. The van der Waals surface area contributed by atoms with E-state index in [0.717, 1.165) is 18.8 Å². The Labute approximate surface area is 108 Å². The van der Waals surface area contributed by atoms with Crippen LogP contribution in [-0.2, 0) is 16.0 Å². The predicted molar refractivity (Wildman–Crippen MR) is 70.4 cm³/mol. The van der Waals surface area contributed by atoms with E-state index in [4.69, 9.17) is 4.74 Å². The van der Waals surface area contributed by atoms with Crippen LogP contribution in [0.5, 0.6) is 0 Å². The van der Waals surface area contributed by atoms with Gasteiger partial charge < -0.3 is 4.74 Å². The lowest BCUT2D eigenvalue weighted by Crippen LogP contribution is -2.21. The zero-order valence-electron chi connectivity index (χ0n) is 10.9. The van der Waals surface area contributed by atoms with E-state index in [0.29, 0.717) is 12.3 Å². The standard InChI is InChI=1S/C16H20O2/c1-11-14-5-3-2-4-13(14)10-15(11)18-16(17)9-8-12-6-7-12/h2-5,11-12,15H,6-10H2,1H3/t11-,15+/m1/s1. The van der Waals surface area contributed by atoms with Gasteiger partial charge in [-0.3, -0.25) is 4.79 Å². The van der Waals surface area contributed by atoms with Gasteiger partial charge in [-0.05, 0) is 23.5 Å². The number of fused-ring (bicyclic) bond motifs is 1. The molecule has 96 valence electrons. The number of carbonyl (C=O) groups excluding carboxylic acids is 1. The molecule has 0 unspecified atom stereocenters. The predicted octanol–water partition coefficient (Wildman–Crippen LogP) is 3.45. The molecule has 0 aromatic heterocycles. The van der Waals surface area contributed by atoms with Gasteiger partial charge in [0.2, 0.25) is 0 Å². The molecule has 18 heavy (non-hydrogen) atoms. The van der Waals surface area contributed by atoms with Crippen LogP contribution >= 0.6 is 0 Å². The number of benzene rings is 1. The van der Waals surface area contributed by atoms with Crippen molar-refractivity contribution in [3.8, 4) is 0 Å². The van der Waals surface area contributed by atoms with E-state index < -0.39 is 0 Å². The summed E-state index contributed by atoms with van der Waals surface area (Å²) >= 11 is 0. The van der Waals surface area contributed by atoms with Gasteiger partial charge in [0, 0.05) is 18.8 Å². The van der Waals surface area contributed by atoms with Gasteiger partial charge in [-0.1, -0.05) is 44.0 Å². The Kier molecular flexibility index (Phi) is 3.11. The third-order valence-electron chi connectivity index (χ3n) is 4.26. The van der Waals surface area contributed by atoms with E-state index in [1.807, 2.05) is 0 Å². The van der Waals surface area contributed by atoms with Crippen molar-refractivity contribution in [3.63, 3.8) is 0 Å². The van der Waals surface area contributed by atoms with Crippen LogP contribution in [0.2, 0.25) is 0 Å². The maximum atomic E-state index is 11.8. The van der Waals surface area contributed by atoms with Gasteiger partial charge in [-0.25, -0.2) is 0 Å². The topological polar surface area (TPSA) is 26.3 Å². The highest BCUT2D eigenvalue weighted by molar-refractivity contribution is 5.69. The Balaban J connectivity index is 1.56. The molecule has 2 aliphatic rings. The normalized spacial score (nSPS) is 25.8. The molecular formula is C16H20O2. The summed E-state index contributed by atoms with van der Waals surface area (Å²) in [6.45, 7) is 2.16. The molecule has 1 fully saturated rings. The first-order valence-corrected chi connectivity index (χ1v) is 7.01. The molecule has 0 amide bonds. The van der Waals surface area contributed by atoms with E-state index in [1.54, 1.807) is 0 Å². The van der Waals surface area contributed by atoms with Crippen LogP contribution in [0.15, 0.2) is 24.3 Å². The Morgan fingerprint density at radius 2 is 2.11 bits per heavy atom. The van der Waals surface area contributed by atoms with Gasteiger partial charge in [-0.15, -0.1) is 0 Å². The molecule has 3 rings (SSSR count). The van der Waals surface area contributed by atoms with E-state index >= 15 is 0 Å². The fraction of sp³-hybridized carbons (Fsp3) is 0.562. The number of hydrogen-bond acceptors (Lipinski definition) is 2. The van der Waals surface area contributed by atoms with Crippen molar-refractivity contribution < 1.29 is 9.53 Å². The average Bonchev–Trinajstić information content (AvgIpc) is 3.15. The number of hydrogen-bond donors (Lipinski definition) is 0. The van der Waals surface area contributed by atoms with Crippen molar-refractivity contribution >= 4 is 5.97 Å². The number of ether oxygens (including phenoxy) is 1. The fourth-order valence-electron chi connectivity index (χ4n) is 2.86. The van der Waals surface area contributed by atoms with Crippen LogP contribution in [0.3, 0.4) is 0 Å². The van der Waals surface area contributed by atoms with Crippen molar-refractivity contribution in [3.05, 3.63) is 35.4 Å². The third-order valence-corrected chi connectivity index (χ3v) is 4.26. The highest BCUT2D eigenvalue weighted by Crippen LogP contribution is 2.36. The molecule has 2 atom stereocenters. The summed E-state index contributed by atoms with van der Waals surface area (Å²) < 4.78 is 5.65. The Morgan fingerprint density at radius 3 is 2.83 bits per heavy atom. The summed E-state index contributed by atoms with van der Waals surface area (Å²) in [5.74, 6) is 1.13. The second-order valence-electron chi connectivity index (χ2n) is 5.70.